The van der Waals surface area contributed by atoms with Crippen LogP contribution in [0.3, 0.4) is 0 Å². The largest absolute Gasteiger partial charge is 0.380 e. The molecule has 0 radical (unpaired) electrons. The van der Waals surface area contributed by atoms with Gasteiger partial charge in [0.2, 0.25) is 0 Å². The topological polar surface area (TPSA) is 372 Å². The number of pyridine rings is 5. The number of halogens is 6. The molecule has 2 N–H and O–H groups in total. The van der Waals surface area contributed by atoms with E-state index in [1.54, 1.807) is 34.6 Å². The number of anilines is 5. The van der Waals surface area contributed by atoms with E-state index in [1.165, 1.54) is 43.2 Å². The molecule has 15 aromatic rings. The van der Waals surface area contributed by atoms with Crippen LogP contribution in [0.5, 0.6) is 0 Å². The average molecular weight is 2100 g/mol. The van der Waals surface area contributed by atoms with E-state index in [9.17, 15) is 26.7 Å². The van der Waals surface area contributed by atoms with Crippen molar-refractivity contribution < 1.29 is 77.8 Å². The molecule has 10 aromatic heterocycles. The standard InChI is InChI=1S/2C24H30FN5O2.C21H23FN4O3.C20H20BrFN4O3.C19H19FN4O2/c2*1-14-11-19-15(2)21(24-26-16(3)29-32-24)23(28-22(19)20(25)12-14)30-8-6-17(7-9-30)27-18-5-4-10-31-13-18;1-12-10-15-13(2)17(20-23-14(3)25-29-20)19(24-18(15)16(22)11-12)26-6-4-21(5-7-26)27-8-9-28-21;1-11-14-9-13(21)10-15(22)17(14)24-18(16(11)19-23-12(2)25-29-19)26-5-3-20(4-6-26)27-7-8-28-20;1-10-8-14-11(2)16(19-21-12(3)23-26-19)18(22-17(14)15(20)9-10)24-6-4-13(25)5-7-24/h2*11-12,17-18,27H,4-10,13H2,1-3H3;10-11H,4-9H2,1-3H3;9-10H,3-8H2,1-2H3;8-9H,4-7H2,1-3H3/t2*18-;;;/m10.../s1. The number of nitrogens with one attached hydrogen (secondary N) is 2. The predicted molar refractivity (Wildman–Crippen MR) is 552 cm³/mol. The van der Waals surface area contributed by atoms with Crippen molar-refractivity contribution in [3.63, 3.8) is 0 Å². The second-order valence-corrected chi connectivity index (χ2v) is 41.1. The number of piperidine rings is 5. The first-order valence-electron chi connectivity index (χ1n) is 51.1. The Morgan fingerprint density at radius 1 is 0.304 bits per heavy atom. The summed E-state index contributed by atoms with van der Waals surface area (Å²) < 4.78 is 137. The fourth-order valence-corrected chi connectivity index (χ4v) is 22.3. The Bertz CT molecular complexity index is 7090. The lowest BCUT2D eigenvalue weighted by Crippen LogP contribution is -2.48. The Labute approximate surface area is 860 Å². The normalized spacial score (nSPS) is 18.8. The third kappa shape index (κ3) is 21.7. The van der Waals surface area contributed by atoms with Crippen molar-refractivity contribution in [2.75, 3.05) is 143 Å². The molecule has 24 rings (SSSR count). The van der Waals surface area contributed by atoms with Gasteiger partial charge in [-0.15, -0.1) is 0 Å². The molecule has 778 valence electrons. The lowest BCUT2D eigenvalue weighted by atomic mass is 9.98. The SMILES string of the molecule is Cc1cc(F)c2nc(N3CCC(=O)CC3)c(-c3nc(C)no3)c(C)c2c1.Cc1cc(F)c2nc(N3CCC(N[C@@H]4CCCOC4)CC3)c(-c3nc(C)no3)c(C)c2c1.Cc1cc(F)c2nc(N3CCC(N[C@H]4CCCOC4)CC3)c(-c3nc(C)no3)c(C)c2c1.Cc1cc(F)c2nc(N3CCC4(CC3)OCCO4)c(-c3nc(C)no3)c(C)c2c1.Cc1noc(-c2c(N3CCC4(CC3)OCCO4)nc3c(F)cc(Br)cc3c2C)n1. The van der Waals surface area contributed by atoms with Crippen molar-refractivity contribution in [2.45, 2.75) is 223 Å². The zero-order chi connectivity index (χ0) is 103. The lowest BCUT2D eigenvalue weighted by molar-refractivity contribution is -0.169. The maximum atomic E-state index is 14.9. The molecule has 0 bridgehead atoms. The molecule has 148 heavy (non-hydrogen) atoms. The van der Waals surface area contributed by atoms with Gasteiger partial charge in [0.05, 0.1) is 67.5 Å². The Balaban J connectivity index is 0.000000112. The van der Waals surface area contributed by atoms with Crippen molar-refractivity contribution in [1.29, 1.82) is 0 Å². The van der Waals surface area contributed by atoms with Gasteiger partial charge < -0.3 is 86.2 Å². The van der Waals surface area contributed by atoms with Crippen molar-refractivity contribution >= 4 is 105 Å². The van der Waals surface area contributed by atoms with Gasteiger partial charge in [-0.1, -0.05) is 41.7 Å². The molecule has 9 fully saturated rings. The number of aromatic nitrogens is 15. The number of hydrogen-bond acceptors (Lipinski definition) is 34. The van der Waals surface area contributed by atoms with Gasteiger partial charge in [0.1, 0.15) is 85.7 Å². The van der Waals surface area contributed by atoms with Gasteiger partial charge in [-0.3, -0.25) is 4.79 Å². The zero-order valence-corrected chi connectivity index (χ0v) is 87.4. The number of rotatable bonds is 14. The molecular weight excluding hydrogens is 1970 g/mol. The van der Waals surface area contributed by atoms with Gasteiger partial charge in [0, 0.05) is 173 Å². The highest BCUT2D eigenvalue weighted by Gasteiger charge is 2.44. The molecule has 2 spiro atoms. The monoisotopic (exact) mass is 2090 g/mol. The number of benzene rings is 5. The van der Waals surface area contributed by atoms with Crippen LogP contribution in [0.1, 0.15) is 169 Å². The van der Waals surface area contributed by atoms with Crippen LogP contribution in [0.15, 0.2) is 87.8 Å². The second-order valence-electron chi connectivity index (χ2n) is 40.2. The van der Waals surface area contributed by atoms with Gasteiger partial charge in [-0.25, -0.2) is 46.9 Å². The van der Waals surface area contributed by atoms with E-state index < -0.39 is 11.6 Å². The highest BCUT2D eigenvalue weighted by Crippen LogP contribution is 2.47. The minimum absolute atomic E-state index is 0.232. The highest BCUT2D eigenvalue weighted by atomic mass is 79.9. The van der Waals surface area contributed by atoms with Crippen molar-refractivity contribution in [3.8, 4) is 57.3 Å². The van der Waals surface area contributed by atoms with Gasteiger partial charge in [-0.2, -0.15) is 24.9 Å². The van der Waals surface area contributed by atoms with Crippen LogP contribution in [0, 0.1) is 126 Å². The molecule has 9 aliphatic heterocycles. The molecule has 0 amide bonds. The quantitative estimate of drug-likeness (QED) is 0.0955. The summed E-state index contributed by atoms with van der Waals surface area (Å²) in [4.78, 5) is 68.2. The molecule has 0 aliphatic carbocycles. The van der Waals surface area contributed by atoms with Crippen LogP contribution in [0.4, 0.5) is 51.0 Å². The van der Waals surface area contributed by atoms with E-state index in [1.807, 2.05) is 97.5 Å². The first-order chi connectivity index (χ1) is 71.3. The van der Waals surface area contributed by atoms with Crippen LogP contribution in [0.2, 0.25) is 0 Å². The van der Waals surface area contributed by atoms with Crippen LogP contribution in [0.25, 0.3) is 112 Å². The van der Waals surface area contributed by atoms with Crippen molar-refractivity contribution in [3.05, 3.63) is 173 Å². The summed E-state index contributed by atoms with van der Waals surface area (Å²) in [6.45, 7) is 39.2. The predicted octanol–water partition coefficient (Wildman–Crippen LogP) is 19.5. The lowest BCUT2D eigenvalue weighted by Gasteiger charge is -2.38. The van der Waals surface area contributed by atoms with Gasteiger partial charge in [-0.05, 0) is 259 Å². The maximum Gasteiger partial charge on any atom is 0.261 e. The summed E-state index contributed by atoms with van der Waals surface area (Å²) in [7, 11) is 0. The summed E-state index contributed by atoms with van der Waals surface area (Å²) in [5, 5.41) is 31.0. The third-order valence-electron chi connectivity index (χ3n) is 29.4. The Kier molecular flexibility index (Phi) is 30.1. The number of carbonyl (C=O) groups is 1. The van der Waals surface area contributed by atoms with Crippen LogP contribution in [-0.4, -0.2) is 235 Å². The number of ether oxygens (including phenoxy) is 6. The smallest absolute Gasteiger partial charge is 0.261 e. The Morgan fingerprint density at radius 3 is 0.804 bits per heavy atom. The number of ketones is 1. The average Bonchev–Trinajstić information content (AvgIpc) is 1.39. The van der Waals surface area contributed by atoms with E-state index in [-0.39, 0.29) is 34.9 Å². The van der Waals surface area contributed by atoms with Crippen molar-refractivity contribution in [2.24, 2.45) is 0 Å². The summed E-state index contributed by atoms with van der Waals surface area (Å²) in [5.74, 6) is 5.70. The first-order valence-corrected chi connectivity index (χ1v) is 51.9. The summed E-state index contributed by atoms with van der Waals surface area (Å²) in [6.07, 6.45) is 12.4. The molecule has 19 heterocycles. The summed E-state index contributed by atoms with van der Waals surface area (Å²) in [5.41, 5.74) is 13.4. The third-order valence-corrected chi connectivity index (χ3v) is 29.9. The summed E-state index contributed by atoms with van der Waals surface area (Å²) >= 11 is 3.37. The molecule has 9 aliphatic rings. The number of nitrogens with zero attached hydrogens (tertiary/aromatic N) is 20. The number of carbonyl (C=O) groups excluding carboxylic acids is 1. The number of fused-ring (bicyclic) bond motifs is 5. The van der Waals surface area contributed by atoms with Crippen molar-refractivity contribution in [1.82, 2.24) is 86.3 Å². The second kappa shape index (κ2) is 43.5. The fourth-order valence-electron chi connectivity index (χ4n) is 21.8. The first kappa shape index (κ1) is 103. The van der Waals surface area contributed by atoms with E-state index in [2.05, 4.69) is 102 Å². The van der Waals surface area contributed by atoms with Gasteiger partial charge in [0.25, 0.3) is 29.5 Å². The van der Waals surface area contributed by atoms with E-state index >= 15 is 0 Å². The number of hydrogen-bond donors (Lipinski definition) is 2. The molecule has 2 atom stereocenters. The minimum Gasteiger partial charge on any atom is -0.380 e. The molecule has 0 saturated carbocycles. The van der Waals surface area contributed by atoms with Crippen LogP contribution >= 0.6 is 15.9 Å². The highest BCUT2D eigenvalue weighted by molar-refractivity contribution is 9.10. The van der Waals surface area contributed by atoms with E-state index in [4.69, 9.17) is 71.0 Å². The molecule has 5 aromatic carbocycles. The molecular formula is C108H122BrF5N22O12. The van der Waals surface area contributed by atoms with Gasteiger partial charge >= 0.3 is 0 Å². The maximum absolute atomic E-state index is 14.9. The number of aryl methyl sites for hydroxylation is 14. The van der Waals surface area contributed by atoms with E-state index in [0.717, 1.165) is 222 Å². The molecule has 0 unspecified atom stereocenters. The van der Waals surface area contributed by atoms with E-state index in [0.29, 0.717) is 222 Å². The Morgan fingerprint density at radius 2 is 0.554 bits per heavy atom. The summed E-state index contributed by atoms with van der Waals surface area (Å²) in [6, 6.07) is 19.0. The Hall–Kier alpha value is -12.7. The number of Topliss-reactive ketones (excluding diaryl/α,β-unsaturated/α-hetero) is 1. The molecule has 34 nitrogen and oxygen atoms in total. The van der Waals surface area contributed by atoms with Crippen LogP contribution < -0.4 is 35.1 Å². The molecule has 40 heteroatoms. The molecule has 9 saturated heterocycles. The minimum atomic E-state index is -0.500. The van der Waals surface area contributed by atoms with Crippen LogP contribution in [-0.2, 0) is 33.2 Å². The van der Waals surface area contributed by atoms with Gasteiger partial charge in [0.15, 0.2) is 46.5 Å². The fraction of sp³-hybridized carbons (Fsp3) is 0.481. The zero-order valence-electron chi connectivity index (χ0n) is 85.8.